The molecule has 0 aliphatic carbocycles. The zero-order valence-corrected chi connectivity index (χ0v) is 14.3. The molecule has 0 bridgehead atoms. The average molecular weight is 340 g/mol. The maximum absolute atomic E-state index is 11.9. The van der Waals surface area contributed by atoms with Crippen LogP contribution in [-0.4, -0.2) is 64.7 Å². The van der Waals surface area contributed by atoms with Crippen molar-refractivity contribution in [1.82, 2.24) is 24.7 Å². The second-order valence-electron chi connectivity index (χ2n) is 6.80. The lowest BCUT2D eigenvalue weighted by Crippen LogP contribution is -2.60. The lowest BCUT2D eigenvalue weighted by atomic mass is 10.1. The van der Waals surface area contributed by atoms with Crippen LogP contribution < -0.4 is 16.7 Å². The van der Waals surface area contributed by atoms with Crippen molar-refractivity contribution >= 4 is 5.82 Å². The van der Waals surface area contributed by atoms with Crippen LogP contribution in [0.1, 0.15) is 5.56 Å². The monoisotopic (exact) mass is 340 g/mol. The molecule has 7 heteroatoms. The molecule has 1 aromatic carbocycles. The summed E-state index contributed by atoms with van der Waals surface area (Å²) in [6.07, 6.45) is 1.66. The summed E-state index contributed by atoms with van der Waals surface area (Å²) in [6, 6.07) is 10.4. The summed E-state index contributed by atoms with van der Waals surface area (Å²) in [6.45, 7) is 7.67. The van der Waals surface area contributed by atoms with Crippen LogP contribution in [0.3, 0.4) is 0 Å². The van der Waals surface area contributed by atoms with Crippen molar-refractivity contribution in [3.8, 4) is 5.69 Å². The lowest BCUT2D eigenvalue weighted by Gasteiger charge is -2.44. The Balaban J connectivity index is 1.43. The summed E-state index contributed by atoms with van der Waals surface area (Å²) in [5, 5.41) is 3.49. The van der Waals surface area contributed by atoms with Crippen LogP contribution in [0, 0.1) is 0 Å². The topological polar surface area (TPSA) is 79.4 Å². The smallest absolute Gasteiger partial charge is 0.354 e. The second kappa shape index (κ2) is 6.95. The van der Waals surface area contributed by atoms with Gasteiger partial charge in [-0.3, -0.25) is 14.4 Å². The van der Waals surface area contributed by atoms with E-state index >= 15 is 0 Å². The van der Waals surface area contributed by atoms with Gasteiger partial charge in [0.2, 0.25) is 0 Å². The van der Waals surface area contributed by atoms with E-state index in [4.69, 9.17) is 5.73 Å². The zero-order chi connectivity index (χ0) is 17.2. The van der Waals surface area contributed by atoms with E-state index in [2.05, 4.69) is 32.2 Å². The van der Waals surface area contributed by atoms with E-state index in [9.17, 15) is 4.79 Å². The Morgan fingerprint density at radius 1 is 1.16 bits per heavy atom. The Morgan fingerprint density at radius 2 is 2.00 bits per heavy atom. The van der Waals surface area contributed by atoms with Crippen LogP contribution in [0.2, 0.25) is 0 Å². The maximum atomic E-state index is 11.9. The standard InChI is InChI=1S/C18H24N6O/c19-17-5-7-24(18(25)21-17)15-3-1-14(2-4-15)12-22-9-10-23-8-6-20-11-16(23)13-22/h1-5,7,16,20H,6,8-13H2,(H2,19,21,25). The number of nitrogens with zero attached hydrogens (tertiary/aromatic N) is 4. The number of hydrogen-bond donors (Lipinski definition) is 2. The molecular weight excluding hydrogens is 316 g/mol. The van der Waals surface area contributed by atoms with E-state index in [-0.39, 0.29) is 11.5 Å². The van der Waals surface area contributed by atoms with Crippen molar-refractivity contribution in [3.05, 3.63) is 52.6 Å². The first-order valence-electron chi connectivity index (χ1n) is 8.81. The molecule has 132 valence electrons. The molecule has 0 saturated carbocycles. The maximum Gasteiger partial charge on any atom is 0.354 e. The summed E-state index contributed by atoms with van der Waals surface area (Å²) in [5.41, 5.74) is 7.26. The van der Waals surface area contributed by atoms with E-state index in [1.165, 1.54) is 10.1 Å². The average Bonchev–Trinajstić information content (AvgIpc) is 2.63. The van der Waals surface area contributed by atoms with Gasteiger partial charge in [0.25, 0.3) is 0 Å². The number of hydrogen-bond acceptors (Lipinski definition) is 6. The van der Waals surface area contributed by atoms with Crippen molar-refractivity contribution in [2.75, 3.05) is 45.0 Å². The Morgan fingerprint density at radius 3 is 2.80 bits per heavy atom. The van der Waals surface area contributed by atoms with Gasteiger partial charge in [-0.2, -0.15) is 4.98 Å². The van der Waals surface area contributed by atoms with Crippen LogP contribution >= 0.6 is 0 Å². The third-order valence-electron chi connectivity index (χ3n) is 5.09. The highest BCUT2D eigenvalue weighted by Gasteiger charge is 2.28. The molecule has 1 aromatic heterocycles. The Bertz CT molecular complexity index is 787. The van der Waals surface area contributed by atoms with Crippen LogP contribution in [0.15, 0.2) is 41.3 Å². The highest BCUT2D eigenvalue weighted by atomic mass is 16.1. The van der Waals surface area contributed by atoms with Crippen molar-refractivity contribution in [2.45, 2.75) is 12.6 Å². The molecule has 2 fully saturated rings. The van der Waals surface area contributed by atoms with Crippen molar-refractivity contribution in [2.24, 2.45) is 0 Å². The van der Waals surface area contributed by atoms with Crippen LogP contribution in [0.25, 0.3) is 5.69 Å². The molecule has 7 nitrogen and oxygen atoms in total. The second-order valence-corrected chi connectivity index (χ2v) is 6.80. The minimum Gasteiger partial charge on any atom is -0.383 e. The lowest BCUT2D eigenvalue weighted by molar-refractivity contribution is 0.0541. The minimum atomic E-state index is -0.353. The van der Waals surface area contributed by atoms with Gasteiger partial charge in [0.1, 0.15) is 5.82 Å². The minimum absolute atomic E-state index is 0.245. The number of rotatable bonds is 3. The fourth-order valence-electron chi connectivity index (χ4n) is 3.71. The molecule has 3 N–H and O–H groups in total. The van der Waals surface area contributed by atoms with Gasteiger partial charge in [0.05, 0.1) is 5.69 Å². The third-order valence-corrected chi connectivity index (χ3v) is 5.09. The first-order valence-corrected chi connectivity index (χ1v) is 8.81. The number of anilines is 1. The van der Waals surface area contributed by atoms with Gasteiger partial charge in [0, 0.05) is 58.1 Å². The molecule has 1 unspecified atom stereocenters. The van der Waals surface area contributed by atoms with Gasteiger partial charge >= 0.3 is 5.69 Å². The van der Waals surface area contributed by atoms with Gasteiger partial charge in [-0.05, 0) is 23.8 Å². The summed E-state index contributed by atoms with van der Waals surface area (Å²) >= 11 is 0. The number of nitrogens with two attached hydrogens (primary N) is 1. The van der Waals surface area contributed by atoms with Crippen molar-refractivity contribution in [1.29, 1.82) is 0 Å². The van der Waals surface area contributed by atoms with Gasteiger partial charge in [-0.25, -0.2) is 4.79 Å². The normalized spacial score (nSPS) is 21.8. The number of piperazine rings is 2. The van der Waals surface area contributed by atoms with Crippen LogP contribution in [0.4, 0.5) is 5.82 Å². The van der Waals surface area contributed by atoms with E-state index < -0.39 is 0 Å². The van der Waals surface area contributed by atoms with Crippen LogP contribution in [0.5, 0.6) is 0 Å². The molecule has 0 spiro atoms. The highest BCUT2D eigenvalue weighted by Crippen LogP contribution is 2.15. The van der Waals surface area contributed by atoms with E-state index in [0.29, 0.717) is 6.04 Å². The largest absolute Gasteiger partial charge is 0.383 e. The number of nitrogens with one attached hydrogen (secondary N) is 1. The molecule has 0 radical (unpaired) electrons. The molecule has 1 atom stereocenters. The van der Waals surface area contributed by atoms with Gasteiger partial charge in [-0.1, -0.05) is 12.1 Å². The van der Waals surface area contributed by atoms with E-state index in [1.807, 2.05) is 12.1 Å². The molecule has 2 aliphatic rings. The predicted molar refractivity (Wildman–Crippen MR) is 97.8 cm³/mol. The quantitative estimate of drug-likeness (QED) is 0.813. The molecule has 3 heterocycles. The summed E-state index contributed by atoms with van der Waals surface area (Å²) < 4.78 is 1.51. The van der Waals surface area contributed by atoms with Gasteiger partial charge < -0.3 is 11.1 Å². The Labute approximate surface area is 147 Å². The first-order chi connectivity index (χ1) is 12.2. The van der Waals surface area contributed by atoms with E-state index in [1.54, 1.807) is 12.3 Å². The highest BCUT2D eigenvalue weighted by molar-refractivity contribution is 5.36. The third kappa shape index (κ3) is 3.58. The van der Waals surface area contributed by atoms with Crippen molar-refractivity contribution < 1.29 is 0 Å². The van der Waals surface area contributed by atoms with Gasteiger partial charge in [0.15, 0.2) is 0 Å². The molecule has 2 aliphatic heterocycles. The number of nitrogen functional groups attached to an aromatic ring is 1. The number of aromatic nitrogens is 2. The van der Waals surface area contributed by atoms with Gasteiger partial charge in [-0.15, -0.1) is 0 Å². The Kier molecular flexibility index (Phi) is 4.52. The molecule has 2 saturated heterocycles. The molecule has 4 rings (SSSR count). The fourth-order valence-corrected chi connectivity index (χ4v) is 3.71. The SMILES string of the molecule is Nc1ccn(-c2ccc(CN3CCN4CCNCC4C3)cc2)c(=O)n1. The fraction of sp³-hybridized carbons (Fsp3) is 0.444. The molecule has 25 heavy (non-hydrogen) atoms. The molecule has 2 aromatic rings. The van der Waals surface area contributed by atoms with E-state index in [0.717, 1.165) is 51.5 Å². The summed E-state index contributed by atoms with van der Waals surface area (Å²) in [5.74, 6) is 0.245. The zero-order valence-electron chi connectivity index (χ0n) is 14.3. The molecular formula is C18H24N6O. The predicted octanol–water partition coefficient (Wildman–Crippen LogP) is -0.0959. The Hall–Kier alpha value is -2.22. The number of fused-ring (bicyclic) bond motifs is 1. The summed E-state index contributed by atoms with van der Waals surface area (Å²) in [4.78, 5) is 20.8. The molecule has 0 amide bonds. The van der Waals surface area contributed by atoms with Crippen LogP contribution in [-0.2, 0) is 6.54 Å². The first kappa shape index (κ1) is 16.3. The van der Waals surface area contributed by atoms with Crippen molar-refractivity contribution in [3.63, 3.8) is 0 Å². The summed E-state index contributed by atoms with van der Waals surface area (Å²) in [7, 11) is 0. The number of benzene rings is 1.